The van der Waals surface area contributed by atoms with E-state index in [-0.39, 0.29) is 23.4 Å². The number of amides is 1. The van der Waals surface area contributed by atoms with E-state index in [0.717, 1.165) is 18.5 Å². The maximum absolute atomic E-state index is 12.8. The first-order valence-electron chi connectivity index (χ1n) is 7.40. The Balaban J connectivity index is 2.23. The molecule has 110 valence electrons. The van der Waals surface area contributed by atoms with Crippen LogP contribution in [0.5, 0.6) is 0 Å². The van der Waals surface area contributed by atoms with Gasteiger partial charge in [0.15, 0.2) is 0 Å². The number of benzene rings is 1. The Morgan fingerprint density at radius 3 is 2.65 bits per heavy atom. The van der Waals surface area contributed by atoms with E-state index in [1.807, 2.05) is 24.1 Å². The van der Waals surface area contributed by atoms with Crippen molar-refractivity contribution in [3.63, 3.8) is 0 Å². The number of rotatable bonds is 2. The lowest BCUT2D eigenvalue weighted by atomic mass is 9.86. The topological polar surface area (TPSA) is 32.3 Å². The van der Waals surface area contributed by atoms with Crippen molar-refractivity contribution < 1.29 is 4.79 Å². The van der Waals surface area contributed by atoms with Gasteiger partial charge in [0, 0.05) is 19.6 Å². The zero-order valence-corrected chi connectivity index (χ0v) is 13.2. The van der Waals surface area contributed by atoms with Gasteiger partial charge in [-0.3, -0.25) is 4.79 Å². The molecule has 0 spiro atoms. The molecule has 1 amide bonds. The predicted octanol–water partition coefficient (Wildman–Crippen LogP) is 2.77. The van der Waals surface area contributed by atoms with E-state index in [2.05, 4.69) is 45.1 Å². The van der Waals surface area contributed by atoms with Gasteiger partial charge in [-0.15, -0.1) is 0 Å². The average molecular weight is 274 g/mol. The largest absolute Gasteiger partial charge is 0.341 e. The predicted molar refractivity (Wildman–Crippen MR) is 82.6 cm³/mol. The van der Waals surface area contributed by atoms with E-state index in [9.17, 15) is 4.79 Å². The molecule has 0 aromatic heterocycles. The molecule has 1 N–H and O–H groups in total. The first-order chi connectivity index (χ1) is 9.32. The highest BCUT2D eigenvalue weighted by Crippen LogP contribution is 2.28. The Labute approximate surface area is 122 Å². The lowest BCUT2D eigenvalue weighted by Crippen LogP contribution is -2.49. The van der Waals surface area contributed by atoms with Crippen molar-refractivity contribution >= 4 is 5.91 Å². The standard InChI is InChI=1S/C17H26N2O/c1-12(17(2,3)4)19(5)16(20)15-14-9-7-6-8-13(14)10-11-18-15/h6-9,12,15,18H,10-11H2,1-5H3. The summed E-state index contributed by atoms with van der Waals surface area (Å²) < 4.78 is 0. The van der Waals surface area contributed by atoms with Crippen LogP contribution >= 0.6 is 0 Å². The molecule has 1 aliphatic rings. The number of carbonyl (C=O) groups excluding carboxylic acids is 1. The maximum atomic E-state index is 12.8. The van der Waals surface area contributed by atoms with Gasteiger partial charge in [0.1, 0.15) is 6.04 Å². The second-order valence-electron chi connectivity index (χ2n) is 6.83. The Morgan fingerprint density at radius 2 is 2.00 bits per heavy atom. The smallest absolute Gasteiger partial charge is 0.244 e. The average Bonchev–Trinajstić information content (AvgIpc) is 2.43. The third-order valence-electron chi connectivity index (χ3n) is 4.54. The Hall–Kier alpha value is -1.35. The molecule has 0 saturated heterocycles. The van der Waals surface area contributed by atoms with Crippen LogP contribution in [0.2, 0.25) is 0 Å². The summed E-state index contributed by atoms with van der Waals surface area (Å²) in [4.78, 5) is 14.7. The van der Waals surface area contributed by atoms with Gasteiger partial charge in [-0.2, -0.15) is 0 Å². The van der Waals surface area contributed by atoms with Crippen molar-refractivity contribution in [1.29, 1.82) is 0 Å². The molecule has 20 heavy (non-hydrogen) atoms. The van der Waals surface area contributed by atoms with Crippen LogP contribution in [0.3, 0.4) is 0 Å². The molecule has 0 radical (unpaired) electrons. The van der Waals surface area contributed by atoms with Crippen molar-refractivity contribution in [3.8, 4) is 0 Å². The van der Waals surface area contributed by atoms with E-state index in [0.29, 0.717) is 0 Å². The molecule has 1 aromatic rings. The van der Waals surface area contributed by atoms with E-state index in [1.165, 1.54) is 5.56 Å². The van der Waals surface area contributed by atoms with Gasteiger partial charge >= 0.3 is 0 Å². The van der Waals surface area contributed by atoms with E-state index >= 15 is 0 Å². The summed E-state index contributed by atoms with van der Waals surface area (Å²) in [6.45, 7) is 9.49. The highest BCUT2D eigenvalue weighted by Gasteiger charge is 2.33. The summed E-state index contributed by atoms with van der Waals surface area (Å²) in [7, 11) is 1.91. The molecule has 0 bridgehead atoms. The minimum Gasteiger partial charge on any atom is -0.341 e. The Bertz CT molecular complexity index is 490. The summed E-state index contributed by atoms with van der Waals surface area (Å²) >= 11 is 0. The van der Waals surface area contributed by atoms with Gasteiger partial charge in [0.05, 0.1) is 0 Å². The molecule has 2 atom stereocenters. The zero-order valence-electron chi connectivity index (χ0n) is 13.2. The highest BCUT2D eigenvalue weighted by molar-refractivity contribution is 5.84. The van der Waals surface area contributed by atoms with Crippen molar-refractivity contribution in [1.82, 2.24) is 10.2 Å². The van der Waals surface area contributed by atoms with Crippen LogP contribution in [-0.4, -0.2) is 30.4 Å². The second kappa shape index (κ2) is 5.57. The molecule has 2 rings (SSSR count). The van der Waals surface area contributed by atoms with Crippen LogP contribution < -0.4 is 5.32 Å². The summed E-state index contributed by atoms with van der Waals surface area (Å²) in [5.74, 6) is 0.166. The quantitative estimate of drug-likeness (QED) is 0.899. The zero-order chi connectivity index (χ0) is 14.9. The molecule has 1 aromatic carbocycles. The fourth-order valence-electron chi connectivity index (χ4n) is 2.70. The van der Waals surface area contributed by atoms with Gasteiger partial charge in [0.2, 0.25) is 5.91 Å². The molecule has 2 unspecified atom stereocenters. The second-order valence-corrected chi connectivity index (χ2v) is 6.83. The lowest BCUT2D eigenvalue weighted by molar-refractivity contribution is -0.136. The molecule has 3 heteroatoms. The van der Waals surface area contributed by atoms with Crippen LogP contribution in [0, 0.1) is 5.41 Å². The summed E-state index contributed by atoms with van der Waals surface area (Å²) in [5.41, 5.74) is 2.51. The van der Waals surface area contributed by atoms with Gasteiger partial charge in [-0.25, -0.2) is 0 Å². The molecule has 3 nitrogen and oxygen atoms in total. The molecule has 0 aliphatic carbocycles. The summed E-state index contributed by atoms with van der Waals surface area (Å²) in [6, 6.07) is 8.26. The van der Waals surface area contributed by atoms with Crippen LogP contribution in [0.1, 0.15) is 44.9 Å². The van der Waals surface area contributed by atoms with Crippen LogP contribution in [0.4, 0.5) is 0 Å². The van der Waals surface area contributed by atoms with Gasteiger partial charge < -0.3 is 10.2 Å². The summed E-state index contributed by atoms with van der Waals surface area (Å²) in [5, 5.41) is 3.37. The number of nitrogens with one attached hydrogen (secondary N) is 1. The van der Waals surface area contributed by atoms with Crippen molar-refractivity contribution in [2.75, 3.05) is 13.6 Å². The first-order valence-corrected chi connectivity index (χ1v) is 7.40. The number of carbonyl (C=O) groups is 1. The van der Waals surface area contributed by atoms with Crippen molar-refractivity contribution in [2.45, 2.75) is 46.2 Å². The van der Waals surface area contributed by atoms with Crippen LogP contribution in [0.15, 0.2) is 24.3 Å². The van der Waals surface area contributed by atoms with E-state index in [4.69, 9.17) is 0 Å². The normalized spacial score (nSPS) is 20.1. The molecule has 0 saturated carbocycles. The Morgan fingerprint density at radius 1 is 1.35 bits per heavy atom. The van der Waals surface area contributed by atoms with Crippen molar-refractivity contribution in [3.05, 3.63) is 35.4 Å². The number of hydrogen-bond acceptors (Lipinski definition) is 2. The van der Waals surface area contributed by atoms with Crippen LogP contribution in [-0.2, 0) is 11.2 Å². The number of nitrogens with zero attached hydrogens (tertiary/aromatic N) is 1. The van der Waals surface area contributed by atoms with E-state index < -0.39 is 0 Å². The monoisotopic (exact) mass is 274 g/mol. The lowest BCUT2D eigenvalue weighted by Gasteiger charge is -2.38. The number of fused-ring (bicyclic) bond motifs is 1. The Kier molecular flexibility index (Phi) is 4.19. The highest BCUT2D eigenvalue weighted by atomic mass is 16.2. The number of likely N-dealkylation sites (N-methyl/N-ethyl adjacent to an activating group) is 1. The van der Waals surface area contributed by atoms with Gasteiger partial charge in [0.25, 0.3) is 0 Å². The molecular weight excluding hydrogens is 248 g/mol. The number of hydrogen-bond donors (Lipinski definition) is 1. The maximum Gasteiger partial charge on any atom is 0.244 e. The SMILES string of the molecule is CC(N(C)C(=O)C1NCCc2ccccc21)C(C)(C)C. The fourth-order valence-corrected chi connectivity index (χ4v) is 2.70. The molecule has 1 aliphatic heterocycles. The van der Waals surface area contributed by atoms with Gasteiger partial charge in [-0.1, -0.05) is 45.0 Å². The van der Waals surface area contributed by atoms with Crippen LogP contribution in [0.25, 0.3) is 0 Å². The minimum absolute atomic E-state index is 0.0819. The van der Waals surface area contributed by atoms with E-state index in [1.54, 1.807) is 0 Å². The first kappa shape index (κ1) is 15.0. The third kappa shape index (κ3) is 2.88. The third-order valence-corrected chi connectivity index (χ3v) is 4.54. The molecule has 1 heterocycles. The fraction of sp³-hybridized carbons (Fsp3) is 0.588. The minimum atomic E-state index is -0.199. The molecular formula is C17H26N2O. The van der Waals surface area contributed by atoms with Crippen molar-refractivity contribution in [2.24, 2.45) is 5.41 Å². The summed E-state index contributed by atoms with van der Waals surface area (Å²) in [6.07, 6.45) is 0.999. The molecule has 0 fully saturated rings. The van der Waals surface area contributed by atoms with Gasteiger partial charge in [-0.05, 0) is 29.9 Å².